The average Bonchev–Trinajstić information content (AvgIpc) is 3.38. The second-order valence-electron chi connectivity index (χ2n) is 5.60. The molecule has 0 atom stereocenters. The summed E-state index contributed by atoms with van der Waals surface area (Å²) < 4.78 is 5.86. The van der Waals surface area contributed by atoms with Gasteiger partial charge in [0, 0.05) is 6.04 Å². The molecule has 0 radical (unpaired) electrons. The Labute approximate surface area is 112 Å². The molecule has 1 heterocycles. The van der Waals surface area contributed by atoms with Crippen LogP contribution in [0.4, 0.5) is 0 Å². The van der Waals surface area contributed by atoms with E-state index in [-0.39, 0.29) is 5.41 Å². The molecule has 0 spiro atoms. The van der Waals surface area contributed by atoms with Gasteiger partial charge >= 0.3 is 0 Å². The fraction of sp³-hybridized carbons (Fsp3) is 0.467. The Morgan fingerprint density at radius 1 is 1.16 bits per heavy atom. The zero-order chi connectivity index (χ0) is 12.7. The smallest absolute Gasteiger partial charge is 0.230 e. The minimum atomic E-state index is -0.00785. The molecular formula is C15H17N3O. The van der Waals surface area contributed by atoms with Crippen molar-refractivity contribution in [3.8, 4) is 0 Å². The van der Waals surface area contributed by atoms with Gasteiger partial charge in [0.25, 0.3) is 0 Å². The van der Waals surface area contributed by atoms with Crippen LogP contribution >= 0.6 is 0 Å². The van der Waals surface area contributed by atoms with Crippen molar-refractivity contribution < 1.29 is 4.42 Å². The lowest BCUT2D eigenvalue weighted by Crippen LogP contribution is -2.15. The Hall–Kier alpha value is -1.68. The Morgan fingerprint density at radius 2 is 1.95 bits per heavy atom. The maximum atomic E-state index is 5.86. The number of hydrogen-bond acceptors (Lipinski definition) is 4. The molecule has 2 aromatic rings. The Kier molecular flexibility index (Phi) is 2.45. The highest BCUT2D eigenvalue weighted by molar-refractivity contribution is 5.37. The molecular weight excluding hydrogens is 238 g/mol. The van der Waals surface area contributed by atoms with E-state index in [2.05, 4.69) is 39.8 Å². The number of hydrogen-bond donors (Lipinski definition) is 1. The predicted octanol–water partition coefficient (Wildman–Crippen LogP) is 2.40. The van der Waals surface area contributed by atoms with E-state index in [1.165, 1.54) is 18.4 Å². The highest BCUT2D eigenvalue weighted by Gasteiger charge is 2.50. The lowest BCUT2D eigenvalue weighted by Gasteiger charge is -2.10. The van der Waals surface area contributed by atoms with Gasteiger partial charge in [-0.25, -0.2) is 0 Å². The summed E-state index contributed by atoms with van der Waals surface area (Å²) in [5, 5.41) is 11.8. The Bertz CT molecular complexity index is 570. The molecule has 19 heavy (non-hydrogen) atoms. The third-order valence-corrected chi connectivity index (χ3v) is 4.07. The van der Waals surface area contributed by atoms with Crippen molar-refractivity contribution in [2.45, 2.75) is 43.7 Å². The van der Waals surface area contributed by atoms with E-state index < -0.39 is 0 Å². The van der Waals surface area contributed by atoms with E-state index in [4.69, 9.17) is 4.42 Å². The maximum Gasteiger partial charge on any atom is 0.230 e. The summed E-state index contributed by atoms with van der Waals surface area (Å²) in [6.07, 6.45) is 4.76. The molecule has 2 fully saturated rings. The average molecular weight is 255 g/mol. The molecule has 0 aliphatic heterocycles. The van der Waals surface area contributed by atoms with Crippen molar-refractivity contribution in [1.82, 2.24) is 15.5 Å². The maximum absolute atomic E-state index is 5.86. The number of nitrogens with one attached hydrogen (secondary N) is 1. The third-order valence-electron chi connectivity index (χ3n) is 4.07. The van der Waals surface area contributed by atoms with Crippen molar-refractivity contribution >= 4 is 0 Å². The van der Waals surface area contributed by atoms with Crippen LogP contribution in [0.3, 0.4) is 0 Å². The van der Waals surface area contributed by atoms with Crippen LogP contribution in [-0.2, 0) is 12.0 Å². The molecule has 0 unspecified atom stereocenters. The molecule has 98 valence electrons. The fourth-order valence-electron chi connectivity index (χ4n) is 2.55. The predicted molar refractivity (Wildman–Crippen MR) is 70.6 cm³/mol. The van der Waals surface area contributed by atoms with Crippen molar-refractivity contribution in [2.24, 2.45) is 0 Å². The van der Waals surface area contributed by atoms with Gasteiger partial charge in [-0.3, -0.25) is 0 Å². The first kappa shape index (κ1) is 11.2. The first-order valence-corrected chi connectivity index (χ1v) is 6.99. The van der Waals surface area contributed by atoms with E-state index in [0.29, 0.717) is 18.5 Å². The molecule has 2 aliphatic rings. The van der Waals surface area contributed by atoms with Crippen LogP contribution in [0.15, 0.2) is 34.7 Å². The van der Waals surface area contributed by atoms with Crippen LogP contribution in [0.2, 0.25) is 0 Å². The van der Waals surface area contributed by atoms with Gasteiger partial charge in [-0.2, -0.15) is 0 Å². The van der Waals surface area contributed by atoms with E-state index in [1.807, 2.05) is 6.07 Å². The van der Waals surface area contributed by atoms with Crippen molar-refractivity contribution in [1.29, 1.82) is 0 Å². The van der Waals surface area contributed by atoms with Gasteiger partial charge < -0.3 is 9.73 Å². The molecule has 0 saturated heterocycles. The molecule has 2 aliphatic carbocycles. The lowest BCUT2D eigenvalue weighted by molar-refractivity contribution is 0.411. The van der Waals surface area contributed by atoms with Crippen LogP contribution in [0.25, 0.3) is 0 Å². The van der Waals surface area contributed by atoms with Gasteiger partial charge in [-0.15, -0.1) is 10.2 Å². The SMILES string of the molecule is c1ccc(C2(c3nnc(CNC4CC4)o3)CC2)cc1. The second kappa shape index (κ2) is 4.17. The number of benzene rings is 1. The molecule has 1 aromatic carbocycles. The molecule has 0 amide bonds. The van der Waals surface area contributed by atoms with Crippen LogP contribution in [-0.4, -0.2) is 16.2 Å². The molecule has 4 nitrogen and oxygen atoms in total. The zero-order valence-electron chi connectivity index (χ0n) is 10.8. The zero-order valence-corrected chi connectivity index (χ0v) is 10.8. The van der Waals surface area contributed by atoms with E-state index >= 15 is 0 Å². The van der Waals surface area contributed by atoms with Gasteiger partial charge in [-0.05, 0) is 31.2 Å². The van der Waals surface area contributed by atoms with Gasteiger partial charge in [0.05, 0.1) is 12.0 Å². The first-order valence-electron chi connectivity index (χ1n) is 6.99. The van der Waals surface area contributed by atoms with Gasteiger partial charge in [-0.1, -0.05) is 30.3 Å². The normalized spacial score (nSPS) is 20.4. The molecule has 2 saturated carbocycles. The topological polar surface area (TPSA) is 51.0 Å². The third kappa shape index (κ3) is 2.06. The minimum absolute atomic E-state index is 0.00785. The Morgan fingerprint density at radius 3 is 2.63 bits per heavy atom. The summed E-state index contributed by atoms with van der Waals surface area (Å²) in [6, 6.07) is 11.2. The summed E-state index contributed by atoms with van der Waals surface area (Å²) in [7, 11) is 0. The van der Waals surface area contributed by atoms with Crippen LogP contribution in [0.1, 0.15) is 43.0 Å². The monoisotopic (exact) mass is 255 g/mol. The van der Waals surface area contributed by atoms with E-state index in [0.717, 1.165) is 18.7 Å². The summed E-state index contributed by atoms with van der Waals surface area (Å²) in [4.78, 5) is 0. The second-order valence-corrected chi connectivity index (χ2v) is 5.60. The van der Waals surface area contributed by atoms with E-state index in [1.54, 1.807) is 0 Å². The van der Waals surface area contributed by atoms with Crippen LogP contribution in [0.5, 0.6) is 0 Å². The molecule has 0 bridgehead atoms. The van der Waals surface area contributed by atoms with Crippen molar-refractivity contribution in [3.63, 3.8) is 0 Å². The quantitative estimate of drug-likeness (QED) is 0.891. The summed E-state index contributed by atoms with van der Waals surface area (Å²) in [5.41, 5.74) is 1.28. The first-order chi connectivity index (χ1) is 9.37. The van der Waals surface area contributed by atoms with Gasteiger partial charge in [0.1, 0.15) is 0 Å². The summed E-state index contributed by atoms with van der Waals surface area (Å²) >= 11 is 0. The van der Waals surface area contributed by atoms with E-state index in [9.17, 15) is 0 Å². The van der Waals surface area contributed by atoms with Crippen LogP contribution < -0.4 is 5.32 Å². The fourth-order valence-corrected chi connectivity index (χ4v) is 2.55. The highest BCUT2D eigenvalue weighted by Crippen LogP contribution is 2.52. The van der Waals surface area contributed by atoms with Crippen molar-refractivity contribution in [2.75, 3.05) is 0 Å². The molecule has 4 heteroatoms. The lowest BCUT2D eigenvalue weighted by atomic mass is 9.96. The summed E-state index contributed by atoms with van der Waals surface area (Å²) in [5.74, 6) is 1.50. The van der Waals surface area contributed by atoms with Gasteiger partial charge in [0.15, 0.2) is 0 Å². The summed E-state index contributed by atoms with van der Waals surface area (Å²) in [6.45, 7) is 0.697. The molecule has 1 N–H and O–H groups in total. The largest absolute Gasteiger partial charge is 0.423 e. The number of rotatable bonds is 5. The standard InChI is InChI=1S/C15H17N3O/c1-2-4-11(5-3-1)15(8-9-15)14-18-17-13(19-14)10-16-12-6-7-12/h1-5,12,16H,6-10H2. The van der Waals surface area contributed by atoms with Gasteiger partial charge in [0.2, 0.25) is 11.8 Å². The number of nitrogens with zero attached hydrogens (tertiary/aromatic N) is 2. The molecule has 1 aromatic heterocycles. The number of aromatic nitrogens is 2. The highest BCUT2D eigenvalue weighted by atomic mass is 16.4. The van der Waals surface area contributed by atoms with Crippen molar-refractivity contribution in [3.05, 3.63) is 47.7 Å². The molecule has 4 rings (SSSR count). The minimum Gasteiger partial charge on any atom is -0.423 e. The van der Waals surface area contributed by atoms with Crippen LogP contribution in [0, 0.1) is 0 Å². The Balaban J connectivity index is 1.55.